The average Bonchev–Trinajstić information content (AvgIpc) is 2.72. The molecule has 118 valence electrons. The normalized spacial score (nSPS) is 21.1. The zero-order chi connectivity index (χ0) is 15.3. The summed E-state index contributed by atoms with van der Waals surface area (Å²) in [6, 6.07) is 6.47. The Morgan fingerprint density at radius 2 is 1.95 bits per heavy atom. The molecule has 1 unspecified atom stereocenters. The predicted molar refractivity (Wildman–Crippen MR) is 83.3 cm³/mol. The zero-order valence-corrected chi connectivity index (χ0v) is 13.4. The van der Waals surface area contributed by atoms with Gasteiger partial charge in [0.1, 0.15) is 5.82 Å². The second-order valence-electron chi connectivity index (χ2n) is 5.77. The van der Waals surface area contributed by atoms with E-state index in [-0.39, 0.29) is 17.5 Å². The molecule has 3 nitrogen and oxygen atoms in total. The van der Waals surface area contributed by atoms with E-state index >= 15 is 0 Å². The van der Waals surface area contributed by atoms with Crippen molar-refractivity contribution >= 4 is 10.0 Å². The molecular weight excluding hydrogens is 289 g/mol. The number of nitrogens with zero attached hydrogens (tertiary/aromatic N) is 1. The van der Waals surface area contributed by atoms with Crippen LogP contribution in [-0.4, -0.2) is 31.6 Å². The number of unbranched alkanes of at least 4 members (excludes halogenated alkanes) is 1. The number of sulfonamides is 1. The van der Waals surface area contributed by atoms with Crippen molar-refractivity contribution in [2.75, 3.05) is 18.8 Å². The highest BCUT2D eigenvalue weighted by Crippen LogP contribution is 2.28. The van der Waals surface area contributed by atoms with Crippen molar-refractivity contribution in [3.63, 3.8) is 0 Å². The summed E-state index contributed by atoms with van der Waals surface area (Å²) in [7, 11) is -3.16. The Hall–Kier alpha value is -0.940. The van der Waals surface area contributed by atoms with Crippen molar-refractivity contribution in [3.8, 4) is 0 Å². The molecule has 0 bridgehead atoms. The third-order valence-electron chi connectivity index (χ3n) is 4.12. The fourth-order valence-corrected chi connectivity index (χ4v) is 4.55. The van der Waals surface area contributed by atoms with E-state index in [1.165, 1.54) is 12.1 Å². The summed E-state index contributed by atoms with van der Waals surface area (Å²) in [6.45, 7) is 3.14. The molecule has 0 radical (unpaired) electrons. The first-order valence-corrected chi connectivity index (χ1v) is 9.37. The first kappa shape index (κ1) is 16.4. The van der Waals surface area contributed by atoms with Crippen molar-refractivity contribution in [2.45, 2.75) is 44.9 Å². The lowest BCUT2D eigenvalue weighted by Gasteiger charge is -2.24. The van der Waals surface area contributed by atoms with Gasteiger partial charge in [-0.1, -0.05) is 31.9 Å². The van der Waals surface area contributed by atoms with Crippen molar-refractivity contribution in [1.82, 2.24) is 4.31 Å². The third kappa shape index (κ3) is 4.51. The van der Waals surface area contributed by atoms with E-state index < -0.39 is 10.0 Å². The molecule has 1 heterocycles. The molecule has 0 spiro atoms. The molecule has 5 heteroatoms. The van der Waals surface area contributed by atoms with Gasteiger partial charge in [0.2, 0.25) is 10.0 Å². The van der Waals surface area contributed by atoms with Gasteiger partial charge in [-0.25, -0.2) is 17.1 Å². The lowest BCUT2D eigenvalue weighted by Crippen LogP contribution is -2.35. The summed E-state index contributed by atoms with van der Waals surface area (Å²) in [5.74, 6) is 0.156. The second-order valence-corrected chi connectivity index (χ2v) is 7.86. The van der Waals surface area contributed by atoms with Crippen LogP contribution < -0.4 is 0 Å². The van der Waals surface area contributed by atoms with Crippen LogP contribution in [0.4, 0.5) is 4.39 Å². The number of hydrogen-bond donors (Lipinski definition) is 0. The minimum Gasteiger partial charge on any atom is -0.212 e. The van der Waals surface area contributed by atoms with Crippen LogP contribution in [0.3, 0.4) is 0 Å². The van der Waals surface area contributed by atoms with Gasteiger partial charge in [-0.3, -0.25) is 0 Å². The summed E-state index contributed by atoms with van der Waals surface area (Å²) < 4.78 is 39.5. The monoisotopic (exact) mass is 313 g/mol. The van der Waals surface area contributed by atoms with Crippen LogP contribution in [0.5, 0.6) is 0 Å². The van der Waals surface area contributed by atoms with Crippen molar-refractivity contribution < 1.29 is 12.8 Å². The molecule has 0 aliphatic carbocycles. The molecule has 0 amide bonds. The Bertz CT molecular complexity index is 542. The first-order valence-electron chi connectivity index (χ1n) is 7.76. The second kappa shape index (κ2) is 7.36. The molecular formula is C16H24FNO2S. The molecule has 1 fully saturated rings. The van der Waals surface area contributed by atoms with Crippen LogP contribution >= 0.6 is 0 Å². The summed E-state index contributed by atoms with van der Waals surface area (Å²) in [4.78, 5) is 0. The fraction of sp³-hybridized carbons (Fsp3) is 0.625. The Morgan fingerprint density at radius 1 is 1.24 bits per heavy atom. The lowest BCUT2D eigenvalue weighted by molar-refractivity contribution is 0.405. The van der Waals surface area contributed by atoms with E-state index in [1.807, 2.05) is 6.92 Å². The predicted octanol–water partition coefficient (Wildman–Crippen LogP) is 3.53. The molecule has 0 aromatic heterocycles. The largest absolute Gasteiger partial charge is 0.214 e. The topological polar surface area (TPSA) is 37.4 Å². The standard InChI is InChI=1S/C16H24FNO2S/c1-2-3-12-21(19,20)18-11-5-4-6-15(13-18)14-7-9-16(17)10-8-14/h7-10,15H,2-6,11-13H2,1H3. The van der Waals surface area contributed by atoms with Gasteiger partial charge >= 0.3 is 0 Å². The van der Waals surface area contributed by atoms with Gasteiger partial charge in [0.15, 0.2) is 0 Å². The third-order valence-corrected chi connectivity index (χ3v) is 6.05. The molecule has 1 aromatic carbocycles. The van der Waals surface area contributed by atoms with Gasteiger partial charge in [-0.05, 0) is 42.9 Å². The summed E-state index contributed by atoms with van der Waals surface area (Å²) in [5, 5.41) is 0. The number of rotatable bonds is 5. The highest BCUT2D eigenvalue weighted by Gasteiger charge is 2.27. The number of halogens is 1. The molecule has 1 atom stereocenters. The molecule has 0 saturated carbocycles. The average molecular weight is 313 g/mol. The van der Waals surface area contributed by atoms with Crippen LogP contribution in [0.2, 0.25) is 0 Å². The summed E-state index contributed by atoms with van der Waals surface area (Å²) in [5.41, 5.74) is 1.04. The smallest absolute Gasteiger partial charge is 0.212 e. The lowest BCUT2D eigenvalue weighted by atomic mass is 9.95. The molecule has 21 heavy (non-hydrogen) atoms. The molecule has 1 aromatic rings. The maximum absolute atomic E-state index is 13.0. The number of hydrogen-bond acceptors (Lipinski definition) is 2. The van der Waals surface area contributed by atoms with Crippen LogP contribution in [0.15, 0.2) is 24.3 Å². The Morgan fingerprint density at radius 3 is 2.62 bits per heavy atom. The van der Waals surface area contributed by atoms with Crippen LogP contribution in [0.1, 0.15) is 50.5 Å². The fourth-order valence-electron chi connectivity index (χ4n) is 2.82. The molecule has 2 rings (SSSR count). The van der Waals surface area contributed by atoms with E-state index in [4.69, 9.17) is 0 Å². The van der Waals surface area contributed by atoms with Crippen LogP contribution in [0.25, 0.3) is 0 Å². The summed E-state index contributed by atoms with van der Waals surface area (Å²) in [6.07, 6.45) is 4.48. The SMILES string of the molecule is CCCCS(=O)(=O)N1CCCCC(c2ccc(F)cc2)C1. The molecule has 1 saturated heterocycles. The van der Waals surface area contributed by atoms with Gasteiger partial charge in [-0.15, -0.1) is 0 Å². The van der Waals surface area contributed by atoms with Crippen LogP contribution in [-0.2, 0) is 10.0 Å². The highest BCUT2D eigenvalue weighted by atomic mass is 32.2. The molecule has 0 N–H and O–H groups in total. The maximum Gasteiger partial charge on any atom is 0.214 e. The maximum atomic E-state index is 13.0. The van der Waals surface area contributed by atoms with Crippen LogP contribution in [0, 0.1) is 5.82 Å². The number of benzene rings is 1. The van der Waals surface area contributed by atoms with Gasteiger partial charge in [0.25, 0.3) is 0 Å². The van der Waals surface area contributed by atoms with Gasteiger partial charge in [-0.2, -0.15) is 0 Å². The minimum absolute atomic E-state index is 0.171. The highest BCUT2D eigenvalue weighted by molar-refractivity contribution is 7.89. The Balaban J connectivity index is 2.12. The zero-order valence-electron chi connectivity index (χ0n) is 12.6. The van der Waals surface area contributed by atoms with E-state index in [1.54, 1.807) is 16.4 Å². The van der Waals surface area contributed by atoms with E-state index in [0.717, 1.165) is 31.2 Å². The van der Waals surface area contributed by atoms with Gasteiger partial charge in [0, 0.05) is 13.1 Å². The first-order chi connectivity index (χ1) is 10.0. The van der Waals surface area contributed by atoms with Crippen molar-refractivity contribution in [1.29, 1.82) is 0 Å². The Kier molecular flexibility index (Phi) is 5.76. The summed E-state index contributed by atoms with van der Waals surface area (Å²) >= 11 is 0. The Labute approximate surface area is 127 Å². The van der Waals surface area contributed by atoms with Gasteiger partial charge < -0.3 is 0 Å². The van der Waals surface area contributed by atoms with E-state index in [0.29, 0.717) is 19.5 Å². The van der Waals surface area contributed by atoms with Gasteiger partial charge in [0.05, 0.1) is 5.75 Å². The quantitative estimate of drug-likeness (QED) is 0.834. The molecule has 1 aliphatic heterocycles. The molecule has 1 aliphatic rings. The van der Waals surface area contributed by atoms with E-state index in [2.05, 4.69) is 0 Å². The minimum atomic E-state index is -3.16. The van der Waals surface area contributed by atoms with E-state index in [9.17, 15) is 12.8 Å². The van der Waals surface area contributed by atoms with Crippen molar-refractivity contribution in [3.05, 3.63) is 35.6 Å². The van der Waals surface area contributed by atoms with Crippen molar-refractivity contribution in [2.24, 2.45) is 0 Å².